The SMILES string of the molecule is Cc1ccc(N2CCc3cc(OCc4ccccc4)ccc3C(=O)[C@H]2C)cc1. The van der Waals surface area contributed by atoms with Crippen LogP contribution >= 0.6 is 0 Å². The summed E-state index contributed by atoms with van der Waals surface area (Å²) in [4.78, 5) is 15.3. The first-order chi connectivity index (χ1) is 13.6. The van der Waals surface area contributed by atoms with Gasteiger partial charge < -0.3 is 9.64 Å². The molecule has 0 amide bonds. The summed E-state index contributed by atoms with van der Waals surface area (Å²) in [7, 11) is 0. The van der Waals surface area contributed by atoms with Gasteiger partial charge in [0.2, 0.25) is 0 Å². The maximum Gasteiger partial charge on any atom is 0.185 e. The first-order valence-electron chi connectivity index (χ1n) is 9.79. The van der Waals surface area contributed by atoms with Crippen molar-refractivity contribution in [2.45, 2.75) is 32.9 Å². The lowest BCUT2D eigenvalue weighted by Crippen LogP contribution is -2.38. The van der Waals surface area contributed by atoms with Crippen molar-refractivity contribution in [2.24, 2.45) is 0 Å². The number of carbonyl (C=O) groups is 1. The second-order valence-electron chi connectivity index (χ2n) is 7.41. The Morgan fingerprint density at radius 1 is 1.00 bits per heavy atom. The van der Waals surface area contributed by atoms with Gasteiger partial charge in [0, 0.05) is 17.8 Å². The summed E-state index contributed by atoms with van der Waals surface area (Å²) >= 11 is 0. The summed E-state index contributed by atoms with van der Waals surface area (Å²) < 4.78 is 5.96. The molecule has 0 saturated carbocycles. The molecule has 1 aliphatic rings. The number of nitrogens with zero attached hydrogens (tertiary/aromatic N) is 1. The summed E-state index contributed by atoms with van der Waals surface area (Å²) in [5.74, 6) is 0.981. The number of hydrogen-bond donors (Lipinski definition) is 0. The highest BCUT2D eigenvalue weighted by Crippen LogP contribution is 2.28. The molecule has 0 N–H and O–H groups in total. The Balaban J connectivity index is 1.54. The fourth-order valence-electron chi connectivity index (χ4n) is 3.74. The van der Waals surface area contributed by atoms with Gasteiger partial charge in [0.15, 0.2) is 5.78 Å². The molecular formula is C25H25NO2. The van der Waals surface area contributed by atoms with Gasteiger partial charge in [-0.3, -0.25) is 4.79 Å². The zero-order valence-corrected chi connectivity index (χ0v) is 16.4. The van der Waals surface area contributed by atoms with Crippen LogP contribution < -0.4 is 9.64 Å². The normalized spacial score (nSPS) is 16.4. The molecule has 0 unspecified atom stereocenters. The molecule has 0 bridgehead atoms. The largest absolute Gasteiger partial charge is 0.489 e. The zero-order chi connectivity index (χ0) is 19.5. The summed E-state index contributed by atoms with van der Waals surface area (Å²) in [5.41, 5.74) is 5.33. The molecule has 0 saturated heterocycles. The molecule has 28 heavy (non-hydrogen) atoms. The Morgan fingerprint density at radius 3 is 2.50 bits per heavy atom. The second kappa shape index (κ2) is 7.89. The van der Waals surface area contributed by atoms with E-state index < -0.39 is 0 Å². The summed E-state index contributed by atoms with van der Waals surface area (Å²) in [5, 5.41) is 0. The number of Topliss-reactive ketones (excluding diaryl/α,β-unsaturated/α-hetero) is 1. The minimum Gasteiger partial charge on any atom is -0.489 e. The molecule has 1 aliphatic heterocycles. The Hall–Kier alpha value is -3.07. The monoisotopic (exact) mass is 371 g/mol. The molecule has 3 nitrogen and oxygen atoms in total. The van der Waals surface area contributed by atoms with E-state index in [4.69, 9.17) is 4.74 Å². The smallest absolute Gasteiger partial charge is 0.185 e. The van der Waals surface area contributed by atoms with Crippen LogP contribution in [-0.2, 0) is 13.0 Å². The molecule has 0 fully saturated rings. The number of hydrogen-bond acceptors (Lipinski definition) is 3. The number of fused-ring (bicyclic) bond motifs is 1. The number of aryl methyl sites for hydroxylation is 1. The first-order valence-corrected chi connectivity index (χ1v) is 9.79. The second-order valence-corrected chi connectivity index (χ2v) is 7.41. The molecule has 3 aromatic carbocycles. The highest BCUT2D eigenvalue weighted by atomic mass is 16.5. The fraction of sp³-hybridized carbons (Fsp3) is 0.240. The van der Waals surface area contributed by atoms with Crippen molar-refractivity contribution in [3.8, 4) is 5.75 Å². The van der Waals surface area contributed by atoms with E-state index in [1.165, 1.54) is 5.56 Å². The van der Waals surface area contributed by atoms with Crippen LogP contribution in [0.3, 0.4) is 0 Å². The highest BCUT2D eigenvalue weighted by Gasteiger charge is 2.28. The van der Waals surface area contributed by atoms with E-state index in [9.17, 15) is 4.79 Å². The number of rotatable bonds is 4. The highest BCUT2D eigenvalue weighted by molar-refractivity contribution is 6.03. The molecule has 0 aromatic heterocycles. The molecule has 1 heterocycles. The lowest BCUT2D eigenvalue weighted by Gasteiger charge is -2.28. The van der Waals surface area contributed by atoms with Crippen LogP contribution in [-0.4, -0.2) is 18.4 Å². The predicted molar refractivity (Wildman–Crippen MR) is 113 cm³/mol. The first kappa shape index (κ1) is 18.3. The molecular weight excluding hydrogens is 346 g/mol. The van der Waals surface area contributed by atoms with Gasteiger partial charge in [-0.1, -0.05) is 48.0 Å². The van der Waals surface area contributed by atoms with Gasteiger partial charge in [0.25, 0.3) is 0 Å². The van der Waals surface area contributed by atoms with E-state index in [0.29, 0.717) is 6.61 Å². The third-order valence-corrected chi connectivity index (χ3v) is 5.43. The average molecular weight is 371 g/mol. The number of benzene rings is 3. The van der Waals surface area contributed by atoms with Gasteiger partial charge in [-0.05, 0) is 61.7 Å². The van der Waals surface area contributed by atoms with E-state index in [1.54, 1.807) is 0 Å². The van der Waals surface area contributed by atoms with E-state index >= 15 is 0 Å². The molecule has 1 atom stereocenters. The maximum atomic E-state index is 13.1. The topological polar surface area (TPSA) is 29.5 Å². The molecule has 3 heteroatoms. The summed E-state index contributed by atoms with van der Waals surface area (Å²) in [6.07, 6.45) is 0.821. The van der Waals surface area contributed by atoms with Crippen molar-refractivity contribution >= 4 is 11.5 Å². The fourth-order valence-corrected chi connectivity index (χ4v) is 3.74. The molecule has 142 valence electrons. The van der Waals surface area contributed by atoms with Crippen LogP contribution in [0, 0.1) is 6.92 Å². The van der Waals surface area contributed by atoms with Crippen molar-refractivity contribution in [3.63, 3.8) is 0 Å². The Morgan fingerprint density at radius 2 is 1.75 bits per heavy atom. The molecule has 3 aromatic rings. The average Bonchev–Trinajstić information content (AvgIpc) is 2.85. The van der Waals surface area contributed by atoms with Gasteiger partial charge >= 0.3 is 0 Å². The van der Waals surface area contributed by atoms with Gasteiger partial charge in [-0.2, -0.15) is 0 Å². The number of ether oxygens (including phenoxy) is 1. The lowest BCUT2D eigenvalue weighted by atomic mass is 9.99. The molecule has 4 rings (SSSR count). The molecule has 0 spiro atoms. The van der Waals surface area contributed by atoms with Gasteiger partial charge in [0.1, 0.15) is 12.4 Å². The van der Waals surface area contributed by atoms with Crippen LogP contribution in [0.5, 0.6) is 5.75 Å². The number of carbonyl (C=O) groups excluding carboxylic acids is 1. The van der Waals surface area contributed by atoms with E-state index in [1.807, 2.05) is 55.5 Å². The van der Waals surface area contributed by atoms with Crippen LogP contribution in [0.4, 0.5) is 5.69 Å². The summed E-state index contributed by atoms with van der Waals surface area (Å²) in [6, 6.07) is 24.2. The standard InChI is InChI=1S/C25H25NO2/c1-18-8-10-22(11-9-18)26-15-14-21-16-23(12-13-24(21)25(27)19(26)2)28-17-20-6-4-3-5-7-20/h3-13,16,19H,14-15,17H2,1-2H3/t19-/m1/s1. The predicted octanol–water partition coefficient (Wildman–Crippen LogP) is 5.21. The molecule has 0 radical (unpaired) electrons. The van der Waals surface area contributed by atoms with Crippen LogP contribution in [0.2, 0.25) is 0 Å². The van der Waals surface area contributed by atoms with Crippen LogP contribution in [0.15, 0.2) is 72.8 Å². The third kappa shape index (κ3) is 3.79. The minimum absolute atomic E-state index is 0.169. The quantitative estimate of drug-likeness (QED) is 0.631. The Kier molecular flexibility index (Phi) is 5.16. The number of ketones is 1. The lowest BCUT2D eigenvalue weighted by molar-refractivity contribution is 0.0966. The van der Waals surface area contributed by atoms with Crippen molar-refractivity contribution in [1.82, 2.24) is 0 Å². The van der Waals surface area contributed by atoms with Crippen LogP contribution in [0.25, 0.3) is 0 Å². The van der Waals surface area contributed by atoms with Crippen molar-refractivity contribution in [3.05, 3.63) is 95.1 Å². The van der Waals surface area contributed by atoms with Crippen LogP contribution in [0.1, 0.15) is 34.0 Å². The zero-order valence-electron chi connectivity index (χ0n) is 16.4. The third-order valence-electron chi connectivity index (χ3n) is 5.43. The Bertz CT molecular complexity index is 964. The van der Waals surface area contributed by atoms with Gasteiger partial charge in [-0.15, -0.1) is 0 Å². The van der Waals surface area contributed by atoms with Crippen molar-refractivity contribution in [1.29, 1.82) is 0 Å². The maximum absolute atomic E-state index is 13.1. The van der Waals surface area contributed by atoms with E-state index in [2.05, 4.69) is 36.1 Å². The van der Waals surface area contributed by atoms with E-state index in [-0.39, 0.29) is 11.8 Å². The van der Waals surface area contributed by atoms with Crippen molar-refractivity contribution in [2.75, 3.05) is 11.4 Å². The Labute approximate surface area is 166 Å². The van der Waals surface area contributed by atoms with Crippen molar-refractivity contribution < 1.29 is 9.53 Å². The minimum atomic E-state index is -0.181. The van der Waals surface area contributed by atoms with Gasteiger partial charge in [0.05, 0.1) is 6.04 Å². The summed E-state index contributed by atoms with van der Waals surface area (Å²) in [6.45, 7) is 5.41. The number of anilines is 1. The molecule has 0 aliphatic carbocycles. The van der Waals surface area contributed by atoms with Gasteiger partial charge in [-0.25, -0.2) is 0 Å². The van der Waals surface area contributed by atoms with E-state index in [0.717, 1.165) is 41.1 Å².